The molecule has 0 saturated carbocycles. The molecule has 0 fully saturated rings. The Kier molecular flexibility index (Phi) is 7.23. The van der Waals surface area contributed by atoms with Crippen molar-refractivity contribution < 1.29 is 28.3 Å². The third-order valence-electron chi connectivity index (χ3n) is 6.08. The summed E-state index contributed by atoms with van der Waals surface area (Å²) in [4.78, 5) is 47.6. The number of aliphatic carboxylic acids is 1. The highest BCUT2D eigenvalue weighted by atomic mass is 16.4. The molecule has 0 bridgehead atoms. The summed E-state index contributed by atoms with van der Waals surface area (Å²) in [6, 6.07) is -0.112. The average molecular weight is 485 g/mol. The second-order valence-corrected chi connectivity index (χ2v) is 9.70. The Morgan fingerprint density at radius 3 is 2.40 bits per heavy atom. The summed E-state index contributed by atoms with van der Waals surface area (Å²) in [5.74, 6) is -2.12. The van der Waals surface area contributed by atoms with Gasteiger partial charge < -0.3 is 35.1 Å². The van der Waals surface area contributed by atoms with Crippen molar-refractivity contribution in [1.82, 2.24) is 10.6 Å². The fourth-order valence-corrected chi connectivity index (χ4v) is 4.15. The summed E-state index contributed by atoms with van der Waals surface area (Å²) in [5.41, 5.74) is 7.55. The van der Waals surface area contributed by atoms with E-state index in [0.29, 0.717) is 27.7 Å². The first-order valence-electron chi connectivity index (χ1n) is 11.3. The highest BCUT2D eigenvalue weighted by Crippen LogP contribution is 2.37. The molecule has 0 aliphatic rings. The first-order valence-corrected chi connectivity index (χ1v) is 11.3. The molecule has 3 aromatic rings. The predicted molar refractivity (Wildman–Crippen MR) is 128 cm³/mol. The molecular weight excluding hydrogens is 454 g/mol. The molecule has 2 heterocycles. The molecule has 0 aliphatic heterocycles. The summed E-state index contributed by atoms with van der Waals surface area (Å²) >= 11 is 0. The van der Waals surface area contributed by atoms with Gasteiger partial charge in [0.2, 0.25) is 5.91 Å². The molecular formula is C25H30N3O7-. The predicted octanol–water partition coefficient (Wildman–Crippen LogP) is 1.68. The monoisotopic (exact) mass is 484 g/mol. The van der Waals surface area contributed by atoms with Crippen molar-refractivity contribution in [2.45, 2.75) is 65.3 Å². The molecule has 1 atom stereocenters. The van der Waals surface area contributed by atoms with E-state index in [4.69, 9.17) is 14.6 Å². The Morgan fingerprint density at radius 2 is 1.80 bits per heavy atom. The Bertz CT molecular complexity index is 1360. The van der Waals surface area contributed by atoms with E-state index in [1.165, 1.54) is 0 Å². The maximum atomic E-state index is 12.8. The van der Waals surface area contributed by atoms with E-state index in [2.05, 4.69) is 31.4 Å². The number of urea groups is 1. The SMILES string of the molecule is Cc1c(CC(=O)N[C@@H](CCCNC(N)=O)C(=O)[O-])c(=O)oc2c(C)c3occ(C(C)(C)C)c3cc12. The molecule has 3 amide bonds. The van der Waals surface area contributed by atoms with Gasteiger partial charge in [-0.25, -0.2) is 9.59 Å². The summed E-state index contributed by atoms with van der Waals surface area (Å²) in [5, 5.41) is 17.8. The quantitative estimate of drug-likeness (QED) is 0.323. The minimum absolute atomic E-state index is 0.0207. The van der Waals surface area contributed by atoms with Crippen LogP contribution in [0, 0.1) is 13.8 Å². The van der Waals surface area contributed by atoms with Crippen LogP contribution in [0.5, 0.6) is 0 Å². The third-order valence-corrected chi connectivity index (χ3v) is 6.08. The molecule has 10 heteroatoms. The molecule has 1 aromatic carbocycles. The molecule has 0 saturated heterocycles. The van der Waals surface area contributed by atoms with Gasteiger partial charge in [-0.2, -0.15) is 0 Å². The number of fused-ring (bicyclic) bond motifs is 2. The minimum Gasteiger partial charge on any atom is -0.548 e. The minimum atomic E-state index is -1.47. The number of hydrogen-bond acceptors (Lipinski definition) is 7. The number of hydrogen-bond donors (Lipinski definition) is 3. The van der Waals surface area contributed by atoms with Crippen LogP contribution in [0.15, 0.2) is 26.0 Å². The fraction of sp³-hybridized carbons (Fsp3) is 0.440. The number of nitrogens with two attached hydrogens (primary N) is 1. The Hall–Kier alpha value is -3.82. The topological polar surface area (TPSA) is 168 Å². The van der Waals surface area contributed by atoms with E-state index in [1.54, 1.807) is 13.2 Å². The molecule has 3 rings (SSSR count). The molecule has 10 nitrogen and oxygen atoms in total. The van der Waals surface area contributed by atoms with Crippen LogP contribution < -0.4 is 27.1 Å². The number of benzene rings is 1. The van der Waals surface area contributed by atoms with E-state index in [0.717, 1.165) is 10.9 Å². The molecule has 4 N–H and O–H groups in total. The molecule has 0 unspecified atom stereocenters. The maximum Gasteiger partial charge on any atom is 0.340 e. The second kappa shape index (κ2) is 9.81. The maximum absolute atomic E-state index is 12.8. The zero-order valence-corrected chi connectivity index (χ0v) is 20.5. The summed E-state index contributed by atoms with van der Waals surface area (Å²) in [6.45, 7) is 9.91. The molecule has 0 spiro atoms. The lowest BCUT2D eigenvalue weighted by molar-refractivity contribution is -0.308. The summed E-state index contributed by atoms with van der Waals surface area (Å²) in [7, 11) is 0. The van der Waals surface area contributed by atoms with E-state index < -0.39 is 29.6 Å². The molecule has 35 heavy (non-hydrogen) atoms. The van der Waals surface area contributed by atoms with Crippen molar-refractivity contribution in [2.75, 3.05) is 6.54 Å². The van der Waals surface area contributed by atoms with Crippen LogP contribution in [-0.4, -0.2) is 30.5 Å². The number of carbonyl (C=O) groups is 3. The highest BCUT2D eigenvalue weighted by Gasteiger charge is 2.24. The number of rotatable bonds is 8. The normalized spacial score (nSPS) is 12.6. The first-order chi connectivity index (χ1) is 16.3. The fourth-order valence-electron chi connectivity index (χ4n) is 4.15. The Balaban J connectivity index is 1.91. The molecule has 188 valence electrons. The van der Waals surface area contributed by atoms with E-state index >= 15 is 0 Å². The van der Waals surface area contributed by atoms with Gasteiger partial charge in [0.05, 0.1) is 30.3 Å². The van der Waals surface area contributed by atoms with Gasteiger partial charge in [0.1, 0.15) is 11.2 Å². The number of aryl methyl sites for hydroxylation is 2. The van der Waals surface area contributed by atoms with Crippen LogP contribution in [0.25, 0.3) is 21.9 Å². The number of carboxylic acid groups (broad SMARTS) is 1. The third kappa shape index (κ3) is 5.47. The van der Waals surface area contributed by atoms with Crippen molar-refractivity contribution in [2.24, 2.45) is 5.73 Å². The first kappa shape index (κ1) is 25.8. The van der Waals surface area contributed by atoms with Crippen LogP contribution in [0.4, 0.5) is 4.79 Å². The van der Waals surface area contributed by atoms with Gasteiger partial charge in [-0.3, -0.25) is 4.79 Å². The standard InChI is InChI=1S/C25H31N3O7/c1-12-14-9-16-17(25(3,4)5)11-34-20(16)13(2)21(14)35-23(32)15(12)10-19(29)28-18(22(30)31)7-6-8-27-24(26)33/h9,11,18H,6-8,10H2,1-5H3,(H,28,29)(H,30,31)(H3,26,27,33)/p-1/t18-/m0/s1. The van der Waals surface area contributed by atoms with Gasteiger partial charge in [0.25, 0.3) is 0 Å². The second-order valence-electron chi connectivity index (χ2n) is 9.70. The van der Waals surface area contributed by atoms with Crippen LogP contribution in [0.3, 0.4) is 0 Å². The zero-order chi connectivity index (χ0) is 26.1. The van der Waals surface area contributed by atoms with Crippen molar-refractivity contribution >= 4 is 39.8 Å². The number of nitrogens with one attached hydrogen (secondary N) is 2. The smallest absolute Gasteiger partial charge is 0.340 e. The summed E-state index contributed by atoms with van der Waals surface area (Å²) in [6.07, 6.45) is 1.63. The largest absolute Gasteiger partial charge is 0.548 e. The van der Waals surface area contributed by atoms with Crippen molar-refractivity contribution in [3.8, 4) is 0 Å². The number of carboxylic acids is 1. The van der Waals surface area contributed by atoms with Crippen molar-refractivity contribution in [3.63, 3.8) is 0 Å². The highest BCUT2D eigenvalue weighted by molar-refractivity contribution is 6.00. The van der Waals surface area contributed by atoms with Crippen LogP contribution in [-0.2, 0) is 21.4 Å². The van der Waals surface area contributed by atoms with Crippen LogP contribution in [0.2, 0.25) is 0 Å². The van der Waals surface area contributed by atoms with Crippen LogP contribution in [0.1, 0.15) is 55.9 Å². The van der Waals surface area contributed by atoms with Crippen molar-refractivity contribution in [3.05, 3.63) is 45.0 Å². The number of primary amides is 1. The lowest BCUT2D eigenvalue weighted by atomic mass is 9.86. The lowest BCUT2D eigenvalue weighted by Gasteiger charge is -2.20. The van der Waals surface area contributed by atoms with Gasteiger partial charge >= 0.3 is 11.7 Å². The van der Waals surface area contributed by atoms with Gasteiger partial charge in [0.15, 0.2) is 0 Å². The molecule has 0 radical (unpaired) electrons. The van der Waals surface area contributed by atoms with Crippen LogP contribution >= 0.6 is 0 Å². The van der Waals surface area contributed by atoms with Gasteiger partial charge in [0, 0.05) is 28.4 Å². The number of carbonyl (C=O) groups excluding carboxylic acids is 3. The van der Waals surface area contributed by atoms with Gasteiger partial charge in [-0.05, 0) is 43.7 Å². The van der Waals surface area contributed by atoms with E-state index in [9.17, 15) is 24.3 Å². The van der Waals surface area contributed by atoms with Crippen molar-refractivity contribution in [1.29, 1.82) is 0 Å². The Morgan fingerprint density at radius 1 is 1.11 bits per heavy atom. The zero-order valence-electron chi connectivity index (χ0n) is 20.5. The average Bonchev–Trinajstić information content (AvgIpc) is 3.19. The molecule has 2 aromatic heterocycles. The lowest BCUT2D eigenvalue weighted by Crippen LogP contribution is -2.48. The number of amides is 3. The van der Waals surface area contributed by atoms with Gasteiger partial charge in [-0.15, -0.1) is 0 Å². The van der Waals surface area contributed by atoms with Gasteiger partial charge in [-0.1, -0.05) is 20.8 Å². The van der Waals surface area contributed by atoms with E-state index in [-0.39, 0.29) is 36.8 Å². The number of furan rings is 1. The molecule has 0 aliphatic carbocycles. The Labute approximate surface area is 201 Å². The summed E-state index contributed by atoms with van der Waals surface area (Å²) < 4.78 is 11.4. The van der Waals surface area contributed by atoms with E-state index in [1.807, 2.05) is 13.0 Å².